The number of nitrogens with one attached hydrogen (secondary N) is 2. The first-order valence-electron chi connectivity index (χ1n) is 8.27. The van der Waals surface area contributed by atoms with Crippen LogP contribution in [0.5, 0.6) is 11.5 Å². The number of alkyl halides is 2. The molecule has 0 spiro atoms. The fourth-order valence-corrected chi connectivity index (χ4v) is 2.77. The number of amides is 1. The molecule has 1 aromatic carbocycles. The first-order valence-corrected chi connectivity index (χ1v) is 8.27. The second-order valence-corrected chi connectivity index (χ2v) is 5.73. The van der Waals surface area contributed by atoms with E-state index >= 15 is 0 Å². The Morgan fingerprint density at radius 2 is 2.24 bits per heavy atom. The quantitative estimate of drug-likeness (QED) is 0.693. The van der Waals surface area contributed by atoms with E-state index in [1.807, 2.05) is 0 Å². The fraction of sp³-hybridized carbons (Fsp3) is 0.588. The van der Waals surface area contributed by atoms with Crippen molar-refractivity contribution in [1.82, 2.24) is 10.6 Å². The molecule has 1 amide bonds. The molecule has 2 rings (SSSR count). The van der Waals surface area contributed by atoms with E-state index in [4.69, 9.17) is 4.74 Å². The Bertz CT molecular complexity index is 541. The van der Waals surface area contributed by atoms with Crippen molar-refractivity contribution in [2.75, 3.05) is 19.7 Å². The summed E-state index contributed by atoms with van der Waals surface area (Å²) in [5.41, 5.74) is 0.470. The Morgan fingerprint density at radius 1 is 1.44 bits per heavy atom. The summed E-state index contributed by atoms with van der Waals surface area (Å²) >= 11 is 0. The maximum atomic E-state index is 12.6. The highest BCUT2D eigenvalue weighted by Gasteiger charge is 2.18. The highest BCUT2D eigenvalue weighted by Crippen LogP contribution is 2.32. The van der Waals surface area contributed by atoms with Crippen LogP contribution in [-0.2, 0) is 11.3 Å². The molecular weight excluding hydrogens is 354 g/mol. The molecular formula is C17H25ClF2N2O3. The summed E-state index contributed by atoms with van der Waals surface area (Å²) in [6.07, 6.45) is 2.36. The van der Waals surface area contributed by atoms with E-state index < -0.39 is 6.61 Å². The van der Waals surface area contributed by atoms with Gasteiger partial charge in [0.1, 0.15) is 0 Å². The Morgan fingerprint density at radius 3 is 2.88 bits per heavy atom. The van der Waals surface area contributed by atoms with E-state index in [1.165, 1.54) is 0 Å². The topological polar surface area (TPSA) is 59.6 Å². The van der Waals surface area contributed by atoms with Crippen LogP contribution in [0.25, 0.3) is 0 Å². The van der Waals surface area contributed by atoms with Gasteiger partial charge in [0.05, 0.1) is 6.61 Å². The van der Waals surface area contributed by atoms with Crippen LogP contribution >= 0.6 is 12.4 Å². The molecule has 5 nitrogen and oxygen atoms in total. The van der Waals surface area contributed by atoms with Gasteiger partial charge < -0.3 is 20.1 Å². The van der Waals surface area contributed by atoms with Gasteiger partial charge in [-0.15, -0.1) is 12.4 Å². The molecule has 1 fully saturated rings. The summed E-state index contributed by atoms with van der Waals surface area (Å²) in [4.78, 5) is 12.0. The molecule has 8 heteroatoms. The highest BCUT2D eigenvalue weighted by molar-refractivity contribution is 5.85. The Balaban J connectivity index is 0.00000312. The Kier molecular flexibility index (Phi) is 9.52. The van der Waals surface area contributed by atoms with Gasteiger partial charge in [-0.2, -0.15) is 8.78 Å². The van der Waals surface area contributed by atoms with E-state index in [9.17, 15) is 13.6 Å². The third-order valence-corrected chi connectivity index (χ3v) is 3.99. The van der Waals surface area contributed by atoms with Gasteiger partial charge in [-0.05, 0) is 44.8 Å². The standard InChI is InChI=1S/C17H24F2N2O3.ClH/c1-2-23-14-5-3-4-13(16(14)24-17(18)19)11-21-15(22)7-6-12-8-9-20-10-12;/h3-5,12,17,20H,2,6-11H2,1H3,(H,21,22);1H. The van der Waals surface area contributed by atoms with Gasteiger partial charge in [-0.1, -0.05) is 12.1 Å². The monoisotopic (exact) mass is 378 g/mol. The lowest BCUT2D eigenvalue weighted by Crippen LogP contribution is -2.24. The molecule has 0 aromatic heterocycles. The summed E-state index contributed by atoms with van der Waals surface area (Å²) in [6.45, 7) is 1.24. The van der Waals surface area contributed by atoms with Gasteiger partial charge in [-0.3, -0.25) is 4.79 Å². The zero-order chi connectivity index (χ0) is 17.4. The molecule has 2 N–H and O–H groups in total. The minimum absolute atomic E-state index is 0. The number of para-hydroxylation sites is 1. The highest BCUT2D eigenvalue weighted by atomic mass is 35.5. The molecule has 1 unspecified atom stereocenters. The van der Waals surface area contributed by atoms with E-state index in [2.05, 4.69) is 15.4 Å². The second kappa shape index (κ2) is 11.1. The van der Waals surface area contributed by atoms with Crippen LogP contribution in [0, 0.1) is 5.92 Å². The van der Waals surface area contributed by atoms with Gasteiger partial charge in [0, 0.05) is 18.5 Å². The molecule has 1 aliphatic heterocycles. The summed E-state index contributed by atoms with van der Waals surface area (Å²) < 4.78 is 35.2. The van der Waals surface area contributed by atoms with E-state index in [0.29, 0.717) is 24.5 Å². The minimum atomic E-state index is -2.95. The average molecular weight is 379 g/mol. The van der Waals surface area contributed by atoms with Crippen molar-refractivity contribution in [3.05, 3.63) is 23.8 Å². The molecule has 1 aliphatic rings. The number of halogens is 3. The summed E-state index contributed by atoms with van der Waals surface area (Å²) in [6, 6.07) is 4.90. The molecule has 0 radical (unpaired) electrons. The smallest absolute Gasteiger partial charge is 0.387 e. The van der Waals surface area contributed by atoms with Crippen LogP contribution in [-0.4, -0.2) is 32.2 Å². The third kappa shape index (κ3) is 7.04. The van der Waals surface area contributed by atoms with Gasteiger partial charge in [0.15, 0.2) is 11.5 Å². The normalized spacial score (nSPS) is 16.4. The van der Waals surface area contributed by atoms with Crippen molar-refractivity contribution in [3.8, 4) is 11.5 Å². The van der Waals surface area contributed by atoms with Crippen molar-refractivity contribution in [2.24, 2.45) is 5.92 Å². The molecule has 0 aliphatic carbocycles. The van der Waals surface area contributed by atoms with Gasteiger partial charge in [0.25, 0.3) is 0 Å². The van der Waals surface area contributed by atoms with E-state index in [0.717, 1.165) is 25.9 Å². The molecule has 1 heterocycles. The number of carbonyl (C=O) groups is 1. The van der Waals surface area contributed by atoms with Crippen molar-refractivity contribution in [1.29, 1.82) is 0 Å². The second-order valence-electron chi connectivity index (χ2n) is 5.73. The van der Waals surface area contributed by atoms with Crippen molar-refractivity contribution >= 4 is 18.3 Å². The maximum Gasteiger partial charge on any atom is 0.387 e. The predicted molar refractivity (Wildman–Crippen MR) is 93.5 cm³/mol. The van der Waals surface area contributed by atoms with Crippen molar-refractivity contribution in [3.63, 3.8) is 0 Å². The lowest BCUT2D eigenvalue weighted by molar-refractivity contribution is -0.121. The number of rotatable bonds is 9. The molecule has 0 saturated carbocycles. The number of hydrogen-bond donors (Lipinski definition) is 2. The molecule has 0 bridgehead atoms. The van der Waals surface area contributed by atoms with Crippen LogP contribution in [0.2, 0.25) is 0 Å². The number of hydrogen-bond acceptors (Lipinski definition) is 4. The SMILES string of the molecule is CCOc1cccc(CNC(=O)CCC2CCNC2)c1OC(F)F.Cl. The van der Waals surface area contributed by atoms with Crippen LogP contribution in [0.4, 0.5) is 8.78 Å². The summed E-state index contributed by atoms with van der Waals surface area (Å²) in [7, 11) is 0. The number of carbonyl (C=O) groups excluding carboxylic acids is 1. The number of ether oxygens (including phenoxy) is 2. The molecule has 142 valence electrons. The average Bonchev–Trinajstić information content (AvgIpc) is 3.06. The Labute approximate surface area is 152 Å². The van der Waals surface area contributed by atoms with Crippen LogP contribution < -0.4 is 20.1 Å². The number of benzene rings is 1. The van der Waals surface area contributed by atoms with Crippen LogP contribution in [0.3, 0.4) is 0 Å². The van der Waals surface area contributed by atoms with Gasteiger partial charge in [-0.25, -0.2) is 0 Å². The first-order chi connectivity index (χ1) is 11.6. The Hall–Kier alpha value is -1.60. The third-order valence-electron chi connectivity index (χ3n) is 3.99. The predicted octanol–water partition coefficient (Wildman–Crippen LogP) is 3.11. The van der Waals surface area contributed by atoms with Crippen molar-refractivity contribution < 1.29 is 23.0 Å². The van der Waals surface area contributed by atoms with Crippen LogP contribution in [0.15, 0.2) is 18.2 Å². The van der Waals surface area contributed by atoms with Gasteiger partial charge in [0.2, 0.25) is 5.91 Å². The zero-order valence-corrected chi connectivity index (χ0v) is 15.0. The maximum absolute atomic E-state index is 12.6. The van der Waals surface area contributed by atoms with E-state index in [1.54, 1.807) is 25.1 Å². The largest absolute Gasteiger partial charge is 0.490 e. The van der Waals surface area contributed by atoms with Crippen LogP contribution in [0.1, 0.15) is 31.7 Å². The summed E-state index contributed by atoms with van der Waals surface area (Å²) in [5.74, 6) is 0.678. The van der Waals surface area contributed by atoms with Gasteiger partial charge >= 0.3 is 6.61 Å². The fourth-order valence-electron chi connectivity index (χ4n) is 2.77. The molecule has 1 saturated heterocycles. The zero-order valence-electron chi connectivity index (χ0n) is 14.2. The molecule has 1 aromatic rings. The molecule has 25 heavy (non-hydrogen) atoms. The van der Waals surface area contributed by atoms with Crippen molar-refractivity contribution in [2.45, 2.75) is 39.3 Å². The minimum Gasteiger partial charge on any atom is -0.490 e. The first kappa shape index (κ1) is 21.4. The van der Waals surface area contributed by atoms with E-state index in [-0.39, 0.29) is 36.4 Å². The summed E-state index contributed by atoms with van der Waals surface area (Å²) in [5, 5.41) is 6.03. The lowest BCUT2D eigenvalue weighted by Gasteiger charge is -2.16. The lowest BCUT2D eigenvalue weighted by atomic mass is 10.0. The molecule has 1 atom stereocenters.